The molecule has 2 atom stereocenters. The number of nitrogens with zero attached hydrogens (tertiary/aromatic N) is 1. The second-order valence-corrected chi connectivity index (χ2v) is 5.22. The number of rotatable bonds is 2. The molecule has 0 spiro atoms. The minimum atomic E-state index is -1.71. The van der Waals surface area contributed by atoms with Crippen LogP contribution in [-0.4, -0.2) is 25.5 Å². The Kier molecular flexibility index (Phi) is 2.25. The molecule has 1 aliphatic rings. The van der Waals surface area contributed by atoms with E-state index in [1.165, 1.54) is 0 Å². The first-order valence-electron chi connectivity index (χ1n) is 3.28. The minimum absolute atomic E-state index is 0.0208. The third-order valence-corrected chi connectivity index (χ3v) is 4.42. The molecule has 1 fully saturated rings. The van der Waals surface area contributed by atoms with Crippen molar-refractivity contribution < 1.29 is 9.05 Å². The molecule has 56 valence electrons. The summed E-state index contributed by atoms with van der Waals surface area (Å²) >= 11 is 0. The van der Waals surface area contributed by atoms with Crippen LogP contribution in [0, 0.1) is 11.3 Å². The van der Waals surface area contributed by atoms with Gasteiger partial charge in [-0.1, -0.05) is 0 Å². The van der Waals surface area contributed by atoms with E-state index in [0.29, 0.717) is 13.2 Å². The zero-order chi connectivity index (χ0) is 7.61. The summed E-state index contributed by atoms with van der Waals surface area (Å²) in [5.74, 6) is 0. The van der Waals surface area contributed by atoms with Gasteiger partial charge in [0.15, 0.2) is 0 Å². The minimum Gasteiger partial charge on any atom is -0.206 e. The lowest BCUT2D eigenvalue weighted by Gasteiger charge is -2.30. The largest absolute Gasteiger partial charge is 0.291 e. The van der Waals surface area contributed by atoms with Crippen LogP contribution >= 0.6 is 7.72 Å². The van der Waals surface area contributed by atoms with E-state index >= 15 is 0 Å². The molecule has 0 bridgehead atoms. The van der Waals surface area contributed by atoms with Gasteiger partial charge in [-0.05, 0) is 6.92 Å². The molecule has 0 saturated carbocycles. The van der Waals surface area contributed by atoms with Crippen molar-refractivity contribution in [3.63, 3.8) is 0 Å². The third kappa shape index (κ3) is 1.15. The lowest BCUT2D eigenvalue weighted by Crippen LogP contribution is -2.31. The standard InChI is InChI=1S/C6H11NO2P/c1-3-8-10(2)6(4-7)5-9-10/h6H,3,5H2,1-2H3/q+1. The van der Waals surface area contributed by atoms with Crippen LogP contribution in [-0.2, 0) is 9.05 Å². The van der Waals surface area contributed by atoms with Gasteiger partial charge in [0.2, 0.25) is 5.66 Å². The normalized spacial score (nSPS) is 38.3. The highest BCUT2D eigenvalue weighted by atomic mass is 31.2. The van der Waals surface area contributed by atoms with Crippen molar-refractivity contribution >= 4 is 7.72 Å². The highest BCUT2D eigenvalue weighted by Crippen LogP contribution is 2.68. The topological polar surface area (TPSA) is 42.2 Å². The number of hydrogen-bond donors (Lipinski definition) is 0. The Morgan fingerprint density at radius 1 is 1.90 bits per heavy atom. The molecule has 1 heterocycles. The van der Waals surface area contributed by atoms with E-state index in [0.717, 1.165) is 0 Å². The lowest BCUT2D eigenvalue weighted by molar-refractivity contribution is 0.191. The fraction of sp³-hybridized carbons (Fsp3) is 0.833. The Morgan fingerprint density at radius 2 is 2.60 bits per heavy atom. The van der Waals surface area contributed by atoms with Gasteiger partial charge >= 0.3 is 0 Å². The van der Waals surface area contributed by atoms with E-state index in [9.17, 15) is 0 Å². The smallest absolute Gasteiger partial charge is 0.206 e. The maximum Gasteiger partial charge on any atom is 0.291 e. The maximum atomic E-state index is 8.57. The highest BCUT2D eigenvalue weighted by molar-refractivity contribution is 7.68. The van der Waals surface area contributed by atoms with E-state index in [1.54, 1.807) is 0 Å². The lowest BCUT2D eigenvalue weighted by atomic mass is 10.5. The Labute approximate surface area is 61.4 Å². The molecule has 3 nitrogen and oxygen atoms in total. The van der Waals surface area contributed by atoms with Crippen LogP contribution in [0.15, 0.2) is 0 Å². The summed E-state index contributed by atoms with van der Waals surface area (Å²) in [4.78, 5) is 0. The van der Waals surface area contributed by atoms with Crippen molar-refractivity contribution in [3.8, 4) is 6.07 Å². The van der Waals surface area contributed by atoms with E-state index in [2.05, 4.69) is 6.07 Å². The fourth-order valence-corrected chi connectivity index (χ4v) is 2.58. The van der Waals surface area contributed by atoms with E-state index in [4.69, 9.17) is 14.3 Å². The van der Waals surface area contributed by atoms with Crippen molar-refractivity contribution in [3.05, 3.63) is 0 Å². The zero-order valence-electron chi connectivity index (χ0n) is 6.20. The Bertz CT molecular complexity index is 168. The van der Waals surface area contributed by atoms with Crippen LogP contribution < -0.4 is 0 Å². The molecule has 0 aromatic heterocycles. The zero-order valence-corrected chi connectivity index (χ0v) is 7.10. The van der Waals surface area contributed by atoms with Gasteiger partial charge in [-0.3, -0.25) is 0 Å². The van der Waals surface area contributed by atoms with Gasteiger partial charge in [-0.2, -0.15) is 9.79 Å². The van der Waals surface area contributed by atoms with E-state index in [-0.39, 0.29) is 5.66 Å². The maximum absolute atomic E-state index is 8.57. The predicted octanol–water partition coefficient (Wildman–Crippen LogP) is 1.42. The van der Waals surface area contributed by atoms with Crippen LogP contribution in [0.2, 0.25) is 0 Å². The highest BCUT2D eigenvalue weighted by Gasteiger charge is 2.56. The quantitative estimate of drug-likeness (QED) is 0.573. The van der Waals surface area contributed by atoms with Gasteiger partial charge in [0.05, 0.1) is 6.61 Å². The molecular weight excluding hydrogens is 149 g/mol. The van der Waals surface area contributed by atoms with Crippen LogP contribution in [0.4, 0.5) is 0 Å². The molecule has 2 unspecified atom stereocenters. The number of hydrogen-bond acceptors (Lipinski definition) is 3. The average molecular weight is 160 g/mol. The van der Waals surface area contributed by atoms with Gasteiger partial charge < -0.3 is 0 Å². The molecule has 0 N–H and O–H groups in total. The van der Waals surface area contributed by atoms with Crippen molar-refractivity contribution in [1.29, 1.82) is 5.26 Å². The summed E-state index contributed by atoms with van der Waals surface area (Å²) in [7, 11) is -1.71. The van der Waals surface area contributed by atoms with Crippen LogP contribution in [0.1, 0.15) is 6.92 Å². The van der Waals surface area contributed by atoms with Gasteiger partial charge in [0, 0.05) is 0 Å². The number of nitriles is 1. The van der Waals surface area contributed by atoms with Crippen LogP contribution in [0.5, 0.6) is 0 Å². The van der Waals surface area contributed by atoms with Gasteiger partial charge in [0.1, 0.15) is 19.3 Å². The molecule has 0 aromatic carbocycles. The molecule has 1 rings (SSSR count). The molecule has 1 aliphatic heterocycles. The first kappa shape index (κ1) is 7.94. The Balaban J connectivity index is 2.46. The van der Waals surface area contributed by atoms with Gasteiger partial charge in [-0.15, -0.1) is 0 Å². The molecule has 1 saturated heterocycles. The summed E-state index contributed by atoms with van der Waals surface area (Å²) in [6.45, 7) is 5.03. The van der Waals surface area contributed by atoms with Crippen molar-refractivity contribution in [2.24, 2.45) is 0 Å². The average Bonchev–Trinajstić information content (AvgIpc) is 1.88. The molecule has 0 radical (unpaired) electrons. The molecule has 0 amide bonds. The SMILES string of the molecule is CCO[P+]1(C)OCC1C#N. The second-order valence-electron chi connectivity index (χ2n) is 2.27. The first-order chi connectivity index (χ1) is 4.73. The Morgan fingerprint density at radius 3 is 2.90 bits per heavy atom. The van der Waals surface area contributed by atoms with Crippen LogP contribution in [0.3, 0.4) is 0 Å². The summed E-state index contributed by atoms with van der Waals surface area (Å²) < 4.78 is 10.6. The molecule has 4 heteroatoms. The fourth-order valence-electron chi connectivity index (χ4n) is 0.885. The van der Waals surface area contributed by atoms with Crippen LogP contribution in [0.25, 0.3) is 0 Å². The Hall–Kier alpha value is -0.160. The van der Waals surface area contributed by atoms with Crippen molar-refractivity contribution in [1.82, 2.24) is 0 Å². The monoisotopic (exact) mass is 160 g/mol. The van der Waals surface area contributed by atoms with E-state index < -0.39 is 7.72 Å². The van der Waals surface area contributed by atoms with E-state index in [1.807, 2.05) is 13.6 Å². The molecule has 0 aliphatic carbocycles. The van der Waals surface area contributed by atoms with Gasteiger partial charge in [-0.25, -0.2) is 4.52 Å². The third-order valence-electron chi connectivity index (χ3n) is 1.59. The molecule has 0 aromatic rings. The predicted molar refractivity (Wildman–Crippen MR) is 39.8 cm³/mol. The van der Waals surface area contributed by atoms with Gasteiger partial charge in [0.25, 0.3) is 7.72 Å². The summed E-state index contributed by atoms with van der Waals surface area (Å²) in [5, 5.41) is 8.57. The van der Waals surface area contributed by atoms with Crippen molar-refractivity contribution in [2.75, 3.05) is 19.9 Å². The molecule has 10 heavy (non-hydrogen) atoms. The summed E-state index contributed by atoms with van der Waals surface area (Å²) in [5.41, 5.74) is 0.0208. The first-order valence-corrected chi connectivity index (χ1v) is 5.42. The second kappa shape index (κ2) is 2.84. The summed E-state index contributed by atoms with van der Waals surface area (Å²) in [6, 6.07) is 2.18. The molecular formula is C6H11NO2P+. The summed E-state index contributed by atoms with van der Waals surface area (Å²) in [6.07, 6.45) is 0. The van der Waals surface area contributed by atoms with Crippen molar-refractivity contribution in [2.45, 2.75) is 12.6 Å².